The molecule has 1 atom stereocenters. The number of hydrogen-bond acceptors (Lipinski definition) is 5. The number of hydrazone groups is 1. The summed E-state index contributed by atoms with van der Waals surface area (Å²) in [5, 5.41) is 18.3. The van der Waals surface area contributed by atoms with Crippen LogP contribution in [-0.2, 0) is 0 Å². The molecule has 15 heavy (non-hydrogen) atoms. The van der Waals surface area contributed by atoms with Crippen molar-refractivity contribution in [3.05, 3.63) is 0 Å². The first kappa shape index (κ1) is 12.5. The Hall–Kier alpha value is -2.50. The number of hydrogen-bond donors (Lipinski definition) is 3. The number of nitriles is 1. The predicted molar refractivity (Wildman–Crippen MR) is 49.7 cm³/mol. The van der Waals surface area contributed by atoms with Crippen LogP contribution in [0.15, 0.2) is 15.3 Å². The van der Waals surface area contributed by atoms with Crippen molar-refractivity contribution in [3.63, 3.8) is 0 Å². The number of carbonyl (C=O) groups excluding carboxylic acids is 2. The molecule has 1 unspecified atom stereocenters. The number of nitrogens with one attached hydrogen (secondary N) is 1. The van der Waals surface area contributed by atoms with Crippen molar-refractivity contribution in [2.75, 3.05) is 0 Å². The summed E-state index contributed by atoms with van der Waals surface area (Å²) in [6.07, 6.45) is 0.962. The minimum absolute atomic E-state index is 0.890. The van der Waals surface area contributed by atoms with E-state index in [0.717, 1.165) is 6.21 Å². The molecule has 0 saturated heterocycles. The lowest BCUT2D eigenvalue weighted by molar-refractivity contribution is 0.249. The number of rotatable bonds is 3. The van der Waals surface area contributed by atoms with Gasteiger partial charge in [0.15, 0.2) is 0 Å². The summed E-state index contributed by atoms with van der Waals surface area (Å²) in [7, 11) is 0. The lowest BCUT2D eigenvalue weighted by atomic mass is 10.1. The van der Waals surface area contributed by atoms with Crippen LogP contribution in [0.1, 0.15) is 6.92 Å². The van der Waals surface area contributed by atoms with Crippen LogP contribution in [0.4, 0.5) is 9.59 Å². The molecule has 0 aliphatic carbocycles. The fourth-order valence-electron chi connectivity index (χ4n) is 0.452. The molecule has 0 heterocycles. The van der Waals surface area contributed by atoms with E-state index >= 15 is 0 Å². The van der Waals surface area contributed by atoms with Gasteiger partial charge >= 0.3 is 12.1 Å². The fourth-order valence-corrected chi connectivity index (χ4v) is 0.452. The maximum atomic E-state index is 10.3. The van der Waals surface area contributed by atoms with Gasteiger partial charge in [-0.05, 0) is 6.92 Å². The molecular weight excluding hydrogens is 202 g/mol. The molecule has 0 aromatic carbocycles. The van der Waals surface area contributed by atoms with Crippen LogP contribution in [0.3, 0.4) is 0 Å². The van der Waals surface area contributed by atoms with Crippen LogP contribution >= 0.6 is 0 Å². The summed E-state index contributed by atoms with van der Waals surface area (Å²) in [6.45, 7) is 1.31. The van der Waals surface area contributed by atoms with Gasteiger partial charge in [-0.1, -0.05) is 5.11 Å². The molecule has 9 heteroatoms. The number of primary amides is 2. The van der Waals surface area contributed by atoms with Gasteiger partial charge < -0.3 is 11.5 Å². The first-order valence-electron chi connectivity index (χ1n) is 3.63. The highest BCUT2D eigenvalue weighted by Gasteiger charge is 2.20. The molecule has 0 aromatic rings. The van der Waals surface area contributed by atoms with E-state index in [9.17, 15) is 9.59 Å². The molecule has 0 spiro atoms. The second-order valence-electron chi connectivity index (χ2n) is 2.53. The van der Waals surface area contributed by atoms with Gasteiger partial charge in [0.2, 0.25) is 5.54 Å². The van der Waals surface area contributed by atoms with E-state index in [1.807, 2.05) is 5.43 Å². The zero-order valence-corrected chi connectivity index (χ0v) is 7.84. The Morgan fingerprint density at radius 1 is 1.53 bits per heavy atom. The van der Waals surface area contributed by atoms with E-state index in [1.54, 1.807) is 6.07 Å². The van der Waals surface area contributed by atoms with Crippen LogP contribution in [0.5, 0.6) is 0 Å². The smallest absolute Gasteiger partial charge is 0.350 e. The zero-order chi connectivity index (χ0) is 11.9. The van der Waals surface area contributed by atoms with E-state index in [1.165, 1.54) is 6.92 Å². The van der Waals surface area contributed by atoms with Gasteiger partial charge in [0.1, 0.15) is 6.07 Å². The highest BCUT2D eigenvalue weighted by Crippen LogP contribution is 2.05. The Bertz CT molecular complexity index is 355. The lowest BCUT2D eigenvalue weighted by Crippen LogP contribution is -2.28. The Labute approximate surface area is 84.8 Å². The summed E-state index contributed by atoms with van der Waals surface area (Å²) in [5.41, 5.74) is 9.77. The molecule has 0 radical (unpaired) electrons. The summed E-state index contributed by atoms with van der Waals surface area (Å²) in [4.78, 5) is 20.5. The average Bonchev–Trinajstić information content (AvgIpc) is 2.14. The highest BCUT2D eigenvalue weighted by molar-refractivity contribution is 5.78. The van der Waals surface area contributed by atoms with Crippen molar-refractivity contribution in [1.29, 1.82) is 5.26 Å². The maximum Gasteiger partial charge on any atom is 0.356 e. The van der Waals surface area contributed by atoms with Crippen molar-refractivity contribution in [1.82, 2.24) is 5.43 Å². The molecule has 0 saturated carbocycles. The summed E-state index contributed by atoms with van der Waals surface area (Å²) in [6, 6.07) is -0.227. The summed E-state index contributed by atoms with van der Waals surface area (Å²) in [5.74, 6) is 0. The number of nitrogens with zero attached hydrogens (tertiary/aromatic N) is 4. The fraction of sp³-hybridized carbons (Fsp3) is 0.333. The van der Waals surface area contributed by atoms with E-state index in [0.29, 0.717) is 0 Å². The maximum absolute atomic E-state index is 10.3. The van der Waals surface area contributed by atoms with Gasteiger partial charge in [-0.2, -0.15) is 15.5 Å². The van der Waals surface area contributed by atoms with E-state index < -0.39 is 17.6 Å². The quantitative estimate of drug-likeness (QED) is 0.325. The molecule has 0 aromatic heterocycles. The first-order chi connectivity index (χ1) is 6.89. The lowest BCUT2D eigenvalue weighted by Gasteiger charge is -2.06. The minimum Gasteiger partial charge on any atom is -0.350 e. The summed E-state index contributed by atoms with van der Waals surface area (Å²) >= 11 is 0. The molecule has 9 nitrogen and oxygen atoms in total. The highest BCUT2D eigenvalue weighted by atomic mass is 16.2. The number of urea groups is 2. The number of carbonyl (C=O) groups is 2. The molecule has 80 valence electrons. The third-order valence-electron chi connectivity index (χ3n) is 1.07. The van der Waals surface area contributed by atoms with Crippen LogP contribution in [0.2, 0.25) is 0 Å². The number of azo groups is 1. The second-order valence-corrected chi connectivity index (χ2v) is 2.53. The van der Waals surface area contributed by atoms with Crippen molar-refractivity contribution in [3.8, 4) is 6.07 Å². The van der Waals surface area contributed by atoms with Gasteiger partial charge in [0, 0.05) is 0 Å². The molecule has 0 aliphatic heterocycles. The minimum atomic E-state index is -1.49. The molecule has 0 fully saturated rings. The van der Waals surface area contributed by atoms with Gasteiger partial charge in [-0.15, -0.1) is 0 Å². The van der Waals surface area contributed by atoms with E-state index in [4.69, 9.17) is 11.0 Å². The molecule has 5 N–H and O–H groups in total. The number of amides is 4. The van der Waals surface area contributed by atoms with Crippen molar-refractivity contribution >= 4 is 18.3 Å². The normalized spacial score (nSPS) is 14.7. The van der Waals surface area contributed by atoms with Crippen LogP contribution in [0, 0.1) is 11.3 Å². The Morgan fingerprint density at radius 2 is 2.13 bits per heavy atom. The topological polar surface area (TPSA) is 159 Å². The summed E-state index contributed by atoms with van der Waals surface area (Å²) < 4.78 is 0. The van der Waals surface area contributed by atoms with Crippen LogP contribution < -0.4 is 16.9 Å². The molecule has 4 amide bonds. The monoisotopic (exact) mass is 211 g/mol. The van der Waals surface area contributed by atoms with Gasteiger partial charge in [-0.3, -0.25) is 0 Å². The second kappa shape index (κ2) is 5.28. The molecule has 0 rings (SSSR count). The third kappa shape index (κ3) is 5.69. The van der Waals surface area contributed by atoms with E-state index in [2.05, 4.69) is 21.1 Å². The molecule has 0 aliphatic rings. The van der Waals surface area contributed by atoms with Crippen molar-refractivity contribution in [2.24, 2.45) is 26.8 Å². The first-order valence-corrected chi connectivity index (χ1v) is 3.63. The van der Waals surface area contributed by atoms with Gasteiger partial charge in [-0.25, -0.2) is 15.0 Å². The molecule has 0 bridgehead atoms. The van der Waals surface area contributed by atoms with Crippen LogP contribution in [-0.4, -0.2) is 23.8 Å². The number of nitrogens with two attached hydrogens (primary N) is 2. The van der Waals surface area contributed by atoms with Gasteiger partial charge in [0.05, 0.1) is 6.21 Å². The third-order valence-corrected chi connectivity index (χ3v) is 1.07. The van der Waals surface area contributed by atoms with Crippen LogP contribution in [0.25, 0.3) is 0 Å². The Balaban J connectivity index is 4.59. The van der Waals surface area contributed by atoms with Crippen molar-refractivity contribution in [2.45, 2.75) is 12.5 Å². The zero-order valence-electron chi connectivity index (χ0n) is 7.84. The van der Waals surface area contributed by atoms with Gasteiger partial charge in [0.25, 0.3) is 0 Å². The Kier molecular flexibility index (Phi) is 4.40. The Morgan fingerprint density at radius 3 is 2.53 bits per heavy atom. The molecular formula is C6H9N7O2. The largest absolute Gasteiger partial charge is 0.356 e. The predicted octanol–water partition coefficient (Wildman–Crippen LogP) is -0.546. The standard InChI is InChI=1S/C6H9N7O2/c1-6(2-7,13-12-5(9)15)3-10-11-4(8)14/h3H,1H3,(H2,9,15)(H3,8,11,14). The SMILES string of the molecule is CC(C#N)(C=NNC(N)=O)N=NC(N)=O. The van der Waals surface area contributed by atoms with E-state index in [-0.39, 0.29) is 0 Å². The average molecular weight is 211 g/mol. The van der Waals surface area contributed by atoms with Crippen molar-refractivity contribution < 1.29 is 9.59 Å².